The Morgan fingerprint density at radius 1 is 1.25 bits per heavy atom. The molecule has 2 aliphatic rings. The lowest BCUT2D eigenvalue weighted by molar-refractivity contribution is -0.0102. The highest BCUT2D eigenvalue weighted by Crippen LogP contribution is 2.34. The van der Waals surface area contributed by atoms with E-state index in [1.165, 1.54) is 25.2 Å². The minimum Gasteiger partial charge on any atom is -0.356 e. The summed E-state index contributed by atoms with van der Waals surface area (Å²) in [6.07, 6.45) is 4.39. The molecule has 2 N–H and O–H groups in total. The first-order valence-corrected chi connectivity index (χ1v) is 12.9. The minimum absolute atomic E-state index is 0.138. The van der Waals surface area contributed by atoms with E-state index in [9.17, 15) is 17.8 Å². The van der Waals surface area contributed by atoms with Crippen LogP contribution in [0, 0.1) is 10.7 Å². The molecule has 6 nitrogen and oxygen atoms in total. The third kappa shape index (κ3) is 5.62. The molecule has 0 bridgehead atoms. The first kappa shape index (κ1) is 22.6. The molecule has 1 atom stereocenters. The fourth-order valence-corrected chi connectivity index (χ4v) is 4.62. The molecule has 1 aliphatic heterocycles. The summed E-state index contributed by atoms with van der Waals surface area (Å²) in [5.74, 6) is -2.06. The summed E-state index contributed by atoms with van der Waals surface area (Å²) in [6, 6.07) is 9.96. The van der Waals surface area contributed by atoms with Gasteiger partial charge in [0.1, 0.15) is 5.82 Å². The lowest BCUT2D eigenvalue weighted by Crippen LogP contribution is -2.29. The topological polar surface area (TPSA) is 86.2 Å². The first-order valence-electron chi connectivity index (χ1n) is 10.9. The number of pyridine rings is 1. The van der Waals surface area contributed by atoms with Crippen LogP contribution < -0.4 is 10.2 Å². The van der Waals surface area contributed by atoms with Gasteiger partial charge in [0.15, 0.2) is 0 Å². The predicted molar refractivity (Wildman–Crippen MR) is 121 cm³/mol. The molecule has 9 heteroatoms. The second-order valence-corrected chi connectivity index (χ2v) is 11.0. The van der Waals surface area contributed by atoms with Gasteiger partial charge in [0.2, 0.25) is 5.92 Å². The van der Waals surface area contributed by atoms with Gasteiger partial charge in [0.05, 0.1) is 15.3 Å². The third-order valence-electron chi connectivity index (χ3n) is 5.93. The molecule has 2 heterocycles. The van der Waals surface area contributed by atoms with Crippen LogP contribution >= 0.6 is 0 Å². The molecular formula is C23H28F2N4O2S. The zero-order chi connectivity index (χ0) is 22.9. The monoisotopic (exact) mass is 462 g/mol. The van der Waals surface area contributed by atoms with Crippen LogP contribution in [-0.4, -0.2) is 40.4 Å². The highest BCUT2D eigenvalue weighted by atomic mass is 32.2. The van der Waals surface area contributed by atoms with E-state index in [2.05, 4.69) is 5.32 Å². The van der Waals surface area contributed by atoms with E-state index in [4.69, 9.17) is 9.76 Å². The van der Waals surface area contributed by atoms with E-state index >= 15 is 0 Å². The quantitative estimate of drug-likeness (QED) is 0.636. The van der Waals surface area contributed by atoms with Crippen molar-refractivity contribution < 1.29 is 17.8 Å². The van der Waals surface area contributed by atoms with Crippen LogP contribution in [-0.2, 0) is 16.1 Å². The van der Waals surface area contributed by atoms with E-state index in [0.717, 1.165) is 12.1 Å². The lowest BCUT2D eigenvalue weighted by atomic mass is 10.1. The summed E-state index contributed by atoms with van der Waals surface area (Å²) in [7, 11) is -2.92. The number of carbonyl (C=O) groups excluding carboxylic acids is 1. The molecule has 172 valence electrons. The average Bonchev–Trinajstić information content (AvgIpc) is 3.55. The summed E-state index contributed by atoms with van der Waals surface area (Å²) < 4.78 is 47.7. The van der Waals surface area contributed by atoms with Crippen molar-refractivity contribution in [1.82, 2.24) is 4.98 Å². The number of anilines is 2. The zero-order valence-electron chi connectivity index (χ0n) is 18.1. The molecule has 4 rings (SSSR count). The number of benzene rings is 1. The summed E-state index contributed by atoms with van der Waals surface area (Å²) in [5.41, 5.74) is 1.62. The number of hydrogen-bond donors (Lipinski definition) is 2. The van der Waals surface area contributed by atoms with Gasteiger partial charge in [-0.15, -0.1) is 0 Å². The standard InChI is InChI=1S/C23H28F2N4O2S/c1-32(26,31)19-5-2-4-17(15-19)28-22(30)20-9-8-18(14-16-6-7-16)27-21(20)29-12-3-10-23(24,25)11-13-29/h2,4-5,8-9,15-16,26H,3,6-7,10-14H2,1H3,(H,28,30)/t32-/m1/s1. The van der Waals surface area contributed by atoms with E-state index in [0.29, 0.717) is 40.8 Å². The Balaban J connectivity index is 1.62. The van der Waals surface area contributed by atoms with E-state index in [-0.39, 0.29) is 19.4 Å². The number of hydrogen-bond acceptors (Lipinski definition) is 5. The van der Waals surface area contributed by atoms with Crippen molar-refractivity contribution in [3.63, 3.8) is 0 Å². The Hall–Kier alpha value is -2.55. The second-order valence-electron chi connectivity index (χ2n) is 8.84. The smallest absolute Gasteiger partial charge is 0.259 e. The van der Waals surface area contributed by atoms with Gasteiger partial charge in [-0.2, -0.15) is 0 Å². The zero-order valence-corrected chi connectivity index (χ0v) is 18.9. The lowest BCUT2D eigenvalue weighted by Gasteiger charge is -2.24. The Kier molecular flexibility index (Phi) is 6.20. The Bertz CT molecular complexity index is 1120. The molecule has 32 heavy (non-hydrogen) atoms. The van der Waals surface area contributed by atoms with Crippen molar-refractivity contribution >= 4 is 27.1 Å². The predicted octanol–water partition coefficient (Wildman–Crippen LogP) is 4.95. The fourth-order valence-electron chi connectivity index (χ4n) is 3.93. The normalized spacial score (nSPS) is 20.3. The average molecular weight is 463 g/mol. The summed E-state index contributed by atoms with van der Waals surface area (Å²) >= 11 is 0. The van der Waals surface area contributed by atoms with E-state index < -0.39 is 21.6 Å². The number of nitrogens with zero attached hydrogens (tertiary/aromatic N) is 2. The SMILES string of the molecule is C[S@@](=N)(=O)c1cccc(NC(=O)c2ccc(CC3CC3)nc2N2CCCC(F)(F)CC2)c1. The number of nitrogens with one attached hydrogen (secondary N) is 2. The number of halogens is 2. The molecule has 1 saturated heterocycles. The highest BCUT2D eigenvalue weighted by molar-refractivity contribution is 7.91. The largest absolute Gasteiger partial charge is 0.356 e. The molecule has 2 aromatic rings. The Labute approximate surface area is 187 Å². The molecule has 1 saturated carbocycles. The molecule has 1 amide bonds. The Morgan fingerprint density at radius 3 is 2.75 bits per heavy atom. The van der Waals surface area contributed by atoms with Gasteiger partial charge in [-0.25, -0.2) is 22.8 Å². The molecular weight excluding hydrogens is 434 g/mol. The number of rotatable bonds is 6. The molecule has 1 aromatic carbocycles. The number of carbonyl (C=O) groups is 1. The molecule has 0 unspecified atom stereocenters. The first-order chi connectivity index (χ1) is 15.1. The van der Waals surface area contributed by atoms with Gasteiger partial charge in [-0.1, -0.05) is 6.07 Å². The summed E-state index contributed by atoms with van der Waals surface area (Å²) in [4.78, 5) is 20.0. The minimum atomic E-state index is -2.92. The van der Waals surface area contributed by atoms with Crippen molar-refractivity contribution in [2.75, 3.05) is 29.6 Å². The van der Waals surface area contributed by atoms with Crippen LogP contribution in [0.5, 0.6) is 0 Å². The van der Waals surface area contributed by atoms with Gasteiger partial charge < -0.3 is 10.2 Å². The third-order valence-corrected chi connectivity index (χ3v) is 7.08. The number of alkyl halides is 2. The van der Waals surface area contributed by atoms with Crippen molar-refractivity contribution in [2.45, 2.75) is 49.3 Å². The molecule has 1 aromatic heterocycles. The summed E-state index contributed by atoms with van der Waals surface area (Å²) in [5, 5.41) is 2.79. The van der Waals surface area contributed by atoms with Crippen molar-refractivity contribution in [2.24, 2.45) is 5.92 Å². The van der Waals surface area contributed by atoms with Gasteiger partial charge in [0, 0.05) is 48.5 Å². The van der Waals surface area contributed by atoms with Crippen molar-refractivity contribution in [3.8, 4) is 0 Å². The van der Waals surface area contributed by atoms with Crippen LogP contribution in [0.25, 0.3) is 0 Å². The number of aromatic nitrogens is 1. The van der Waals surface area contributed by atoms with Crippen LogP contribution in [0.15, 0.2) is 41.3 Å². The maximum Gasteiger partial charge on any atom is 0.259 e. The number of amides is 1. The fraction of sp³-hybridized carbons (Fsp3) is 0.478. The van der Waals surface area contributed by atoms with Crippen LogP contribution in [0.2, 0.25) is 0 Å². The van der Waals surface area contributed by atoms with E-state index in [1.54, 1.807) is 29.2 Å². The van der Waals surface area contributed by atoms with Crippen molar-refractivity contribution in [3.05, 3.63) is 47.7 Å². The van der Waals surface area contributed by atoms with Gasteiger partial charge in [-0.3, -0.25) is 4.79 Å². The van der Waals surface area contributed by atoms with Gasteiger partial charge in [0.25, 0.3) is 5.91 Å². The van der Waals surface area contributed by atoms with Crippen molar-refractivity contribution in [1.29, 1.82) is 4.78 Å². The maximum atomic E-state index is 13.9. The second kappa shape index (κ2) is 8.77. The van der Waals surface area contributed by atoms with Crippen LogP contribution in [0.1, 0.15) is 48.2 Å². The van der Waals surface area contributed by atoms with Gasteiger partial charge in [-0.05, 0) is 61.9 Å². The molecule has 0 radical (unpaired) electrons. The highest BCUT2D eigenvalue weighted by Gasteiger charge is 2.33. The van der Waals surface area contributed by atoms with Gasteiger partial charge >= 0.3 is 0 Å². The molecule has 2 fully saturated rings. The van der Waals surface area contributed by atoms with Crippen LogP contribution in [0.3, 0.4) is 0 Å². The van der Waals surface area contributed by atoms with Crippen LogP contribution in [0.4, 0.5) is 20.3 Å². The Morgan fingerprint density at radius 2 is 2.03 bits per heavy atom. The maximum absolute atomic E-state index is 13.9. The molecule has 1 aliphatic carbocycles. The molecule has 0 spiro atoms. The summed E-state index contributed by atoms with van der Waals surface area (Å²) in [6.45, 7) is 0.557. The van der Waals surface area contributed by atoms with E-state index in [1.807, 2.05) is 6.07 Å².